The van der Waals surface area contributed by atoms with E-state index in [0.29, 0.717) is 0 Å². The van der Waals surface area contributed by atoms with Crippen LogP contribution in [0.2, 0.25) is 0 Å². The summed E-state index contributed by atoms with van der Waals surface area (Å²) in [4.78, 5) is 2.44. The van der Waals surface area contributed by atoms with Crippen LogP contribution in [0.15, 0.2) is 5.10 Å². The van der Waals surface area contributed by atoms with Crippen LogP contribution in [0.1, 0.15) is 0 Å². The van der Waals surface area contributed by atoms with Crippen LogP contribution >= 0.6 is 0 Å². The van der Waals surface area contributed by atoms with Crippen molar-refractivity contribution in [2.24, 2.45) is 22.9 Å². The largest absolute Gasteiger partial charge is 0.306 e. The number of likely N-dealkylation sites (tertiary alicyclic amines) is 1. The molecule has 2 fully saturated rings. The molecule has 4 nitrogen and oxygen atoms in total. The van der Waals surface area contributed by atoms with E-state index in [4.69, 9.17) is 0 Å². The molecule has 0 aromatic carbocycles. The molecule has 72 valence electrons. The summed E-state index contributed by atoms with van der Waals surface area (Å²) in [5.41, 5.74) is 3.23. The first kappa shape index (κ1) is 7.76. The third-order valence-corrected chi connectivity index (χ3v) is 3.52. The van der Waals surface area contributed by atoms with Gasteiger partial charge in [-0.15, -0.1) is 0 Å². The molecule has 4 heteroatoms. The number of nitrogens with one attached hydrogen (secondary N) is 1. The molecule has 1 aliphatic carbocycles. The third kappa shape index (κ3) is 1.25. The van der Waals surface area contributed by atoms with Gasteiger partial charge < -0.3 is 4.90 Å². The van der Waals surface area contributed by atoms with Crippen molar-refractivity contribution >= 4 is 6.21 Å². The summed E-state index contributed by atoms with van der Waals surface area (Å²) in [5.74, 6) is 2.82. The van der Waals surface area contributed by atoms with E-state index >= 15 is 0 Å². The lowest BCUT2D eigenvalue weighted by molar-refractivity contribution is 0.201. The summed E-state index contributed by atoms with van der Waals surface area (Å²) in [5, 5.41) is 6.25. The number of hydrazine groups is 1. The summed E-state index contributed by atoms with van der Waals surface area (Å²) >= 11 is 0. The van der Waals surface area contributed by atoms with Crippen molar-refractivity contribution < 1.29 is 0 Å². The van der Waals surface area contributed by atoms with Gasteiger partial charge in [0.1, 0.15) is 0 Å². The molecule has 0 aromatic rings. The fraction of sp³-hybridized carbons (Fsp3) is 0.889. The van der Waals surface area contributed by atoms with E-state index in [1.54, 1.807) is 0 Å². The molecule has 0 radical (unpaired) electrons. The molecule has 3 atom stereocenters. The summed E-state index contributed by atoms with van der Waals surface area (Å²) in [7, 11) is 2.22. The van der Waals surface area contributed by atoms with Crippen LogP contribution < -0.4 is 5.43 Å². The second-order valence-electron chi connectivity index (χ2n) is 4.46. The molecule has 2 aliphatic heterocycles. The van der Waals surface area contributed by atoms with Crippen molar-refractivity contribution in [2.75, 3.05) is 33.2 Å². The van der Waals surface area contributed by atoms with Crippen LogP contribution in [0.25, 0.3) is 0 Å². The fourth-order valence-corrected chi connectivity index (χ4v) is 2.77. The first-order valence-electron chi connectivity index (χ1n) is 5.06. The number of rotatable bonds is 2. The van der Waals surface area contributed by atoms with Gasteiger partial charge in [-0.1, -0.05) is 0 Å². The van der Waals surface area contributed by atoms with Gasteiger partial charge in [-0.3, -0.25) is 0 Å². The Bertz CT molecular complexity index is 228. The Hall–Kier alpha value is -0.610. The summed E-state index contributed by atoms with van der Waals surface area (Å²) in [6.07, 6.45) is 1.93. The highest BCUT2D eigenvalue weighted by molar-refractivity contribution is 5.60. The number of nitrogens with zero attached hydrogens (tertiary/aromatic N) is 3. The van der Waals surface area contributed by atoms with Crippen molar-refractivity contribution in [3.8, 4) is 0 Å². The molecule has 13 heavy (non-hydrogen) atoms. The zero-order valence-corrected chi connectivity index (χ0v) is 7.98. The lowest BCUT2D eigenvalue weighted by atomic mass is 10.3. The molecule has 0 spiro atoms. The molecule has 2 heterocycles. The van der Waals surface area contributed by atoms with Crippen LogP contribution in [-0.4, -0.2) is 49.5 Å². The molecule has 0 aromatic heterocycles. The van der Waals surface area contributed by atoms with Crippen LogP contribution in [-0.2, 0) is 0 Å². The second-order valence-corrected chi connectivity index (χ2v) is 4.46. The normalized spacial score (nSPS) is 42.8. The van der Waals surface area contributed by atoms with Crippen LogP contribution in [0, 0.1) is 17.8 Å². The van der Waals surface area contributed by atoms with Gasteiger partial charge in [-0.2, -0.15) is 5.10 Å². The Kier molecular flexibility index (Phi) is 1.60. The van der Waals surface area contributed by atoms with Crippen molar-refractivity contribution in [3.63, 3.8) is 0 Å². The third-order valence-electron chi connectivity index (χ3n) is 3.52. The molecule has 1 N–H and O–H groups in total. The van der Waals surface area contributed by atoms with Crippen molar-refractivity contribution in [1.82, 2.24) is 15.4 Å². The van der Waals surface area contributed by atoms with E-state index in [0.717, 1.165) is 30.8 Å². The maximum Gasteiger partial charge on any atom is 0.0567 e. The van der Waals surface area contributed by atoms with E-state index < -0.39 is 0 Å². The first-order chi connectivity index (χ1) is 6.34. The van der Waals surface area contributed by atoms with Crippen molar-refractivity contribution in [3.05, 3.63) is 0 Å². The van der Waals surface area contributed by atoms with Crippen LogP contribution in [0.4, 0.5) is 0 Å². The van der Waals surface area contributed by atoms with Crippen molar-refractivity contribution in [2.45, 2.75) is 0 Å². The highest BCUT2D eigenvalue weighted by Crippen LogP contribution is 2.51. The Morgan fingerprint density at radius 2 is 2.23 bits per heavy atom. The van der Waals surface area contributed by atoms with Gasteiger partial charge in [-0.25, -0.2) is 10.5 Å². The number of hydrazone groups is 1. The van der Waals surface area contributed by atoms with Gasteiger partial charge in [0.2, 0.25) is 0 Å². The predicted molar refractivity (Wildman–Crippen MR) is 51.2 cm³/mol. The number of hydrogen-bond acceptors (Lipinski definition) is 4. The van der Waals surface area contributed by atoms with Gasteiger partial charge >= 0.3 is 0 Å². The molecule has 0 unspecified atom stereocenters. The Balaban J connectivity index is 1.52. The van der Waals surface area contributed by atoms with Gasteiger partial charge in [0.05, 0.1) is 13.1 Å². The molecule has 1 saturated heterocycles. The minimum atomic E-state index is 0.902. The molecule has 1 saturated carbocycles. The SMILES string of the molecule is CN1C[C@@H]2[C@H](C1)[C@@H]2CN1N=CCN1. The topological polar surface area (TPSA) is 30.9 Å². The smallest absolute Gasteiger partial charge is 0.0567 e. The minimum Gasteiger partial charge on any atom is -0.306 e. The minimum absolute atomic E-state index is 0.902. The summed E-state index contributed by atoms with van der Waals surface area (Å²) in [6, 6.07) is 0. The highest BCUT2D eigenvalue weighted by atomic mass is 15.7. The lowest BCUT2D eigenvalue weighted by Gasteiger charge is -2.17. The Labute approximate surface area is 78.5 Å². The number of hydrogen-bond donors (Lipinski definition) is 1. The zero-order chi connectivity index (χ0) is 8.84. The quantitative estimate of drug-likeness (QED) is 0.627. The molecule has 3 rings (SSSR count). The predicted octanol–water partition coefficient (Wildman–Crippen LogP) is -0.400. The fourth-order valence-electron chi connectivity index (χ4n) is 2.77. The average molecular weight is 180 g/mol. The highest BCUT2D eigenvalue weighted by Gasteiger charge is 2.55. The van der Waals surface area contributed by atoms with Crippen molar-refractivity contribution in [1.29, 1.82) is 0 Å². The zero-order valence-electron chi connectivity index (χ0n) is 7.98. The second kappa shape index (κ2) is 2.69. The average Bonchev–Trinajstić information content (AvgIpc) is 2.60. The van der Waals surface area contributed by atoms with E-state index in [-0.39, 0.29) is 0 Å². The van der Waals surface area contributed by atoms with Gasteiger partial charge in [0, 0.05) is 19.3 Å². The summed E-state index contributed by atoms with van der Waals surface area (Å²) < 4.78 is 0. The van der Waals surface area contributed by atoms with E-state index in [1.165, 1.54) is 13.1 Å². The lowest BCUT2D eigenvalue weighted by Crippen LogP contribution is -2.32. The van der Waals surface area contributed by atoms with E-state index in [2.05, 4.69) is 22.5 Å². The standard InChI is InChI=1S/C9H16N4/c1-12-4-7-8(5-12)9(7)6-13-10-2-3-11-13/h2,7-9,11H,3-6H2,1H3/t7-,8+,9-. The van der Waals surface area contributed by atoms with Gasteiger partial charge in [0.15, 0.2) is 0 Å². The number of piperidine rings is 1. The molecule has 3 aliphatic rings. The van der Waals surface area contributed by atoms with E-state index in [9.17, 15) is 0 Å². The molecule has 0 amide bonds. The van der Waals surface area contributed by atoms with Gasteiger partial charge in [0.25, 0.3) is 0 Å². The maximum atomic E-state index is 4.25. The monoisotopic (exact) mass is 180 g/mol. The first-order valence-corrected chi connectivity index (χ1v) is 5.06. The molecule has 0 bridgehead atoms. The maximum absolute atomic E-state index is 4.25. The summed E-state index contributed by atoms with van der Waals surface area (Å²) in [6.45, 7) is 4.61. The van der Waals surface area contributed by atoms with Crippen LogP contribution in [0.5, 0.6) is 0 Å². The molecular formula is C9H16N4. The Morgan fingerprint density at radius 3 is 2.85 bits per heavy atom. The van der Waals surface area contributed by atoms with Crippen LogP contribution in [0.3, 0.4) is 0 Å². The number of fused-ring (bicyclic) bond motifs is 1. The molecular weight excluding hydrogens is 164 g/mol. The van der Waals surface area contributed by atoms with Gasteiger partial charge in [-0.05, 0) is 24.8 Å². The van der Waals surface area contributed by atoms with E-state index in [1.807, 2.05) is 11.3 Å². The Morgan fingerprint density at radius 1 is 1.46 bits per heavy atom.